The van der Waals surface area contributed by atoms with Gasteiger partial charge in [-0.15, -0.1) is 0 Å². The second-order valence-electron chi connectivity index (χ2n) is 3.89. The number of furan rings is 1. The fourth-order valence-electron chi connectivity index (χ4n) is 1.79. The van der Waals surface area contributed by atoms with Gasteiger partial charge in [-0.3, -0.25) is 4.79 Å². The highest BCUT2D eigenvalue weighted by molar-refractivity contribution is 5.50. The number of hydrogen-bond acceptors (Lipinski definition) is 5. The molecule has 3 rings (SSSR count). The third kappa shape index (κ3) is 2.20. The molecule has 0 radical (unpaired) electrons. The van der Waals surface area contributed by atoms with Crippen molar-refractivity contribution in [3.05, 3.63) is 40.9 Å². The zero-order chi connectivity index (χ0) is 12.4. The summed E-state index contributed by atoms with van der Waals surface area (Å²) in [4.78, 5) is 11.7. The molecule has 0 aromatic carbocycles. The molecule has 2 aromatic rings. The van der Waals surface area contributed by atoms with Crippen molar-refractivity contribution < 1.29 is 13.9 Å². The summed E-state index contributed by atoms with van der Waals surface area (Å²) in [5.41, 5.74) is 0.419. The topological polar surface area (TPSA) is 66.5 Å². The Labute approximate surface area is 103 Å². The molecule has 0 amide bonds. The Hall–Kier alpha value is -1.92. The van der Waals surface area contributed by atoms with E-state index in [-0.39, 0.29) is 12.1 Å². The first kappa shape index (κ1) is 11.2. The van der Waals surface area contributed by atoms with Gasteiger partial charge in [0.1, 0.15) is 5.69 Å². The van der Waals surface area contributed by atoms with Gasteiger partial charge in [-0.1, -0.05) is 0 Å². The molecule has 18 heavy (non-hydrogen) atoms. The van der Waals surface area contributed by atoms with Crippen LogP contribution in [0.2, 0.25) is 0 Å². The maximum absolute atomic E-state index is 11.7. The molecule has 1 aliphatic rings. The van der Waals surface area contributed by atoms with Crippen LogP contribution in [0.5, 0.6) is 0 Å². The van der Waals surface area contributed by atoms with Crippen molar-refractivity contribution in [3.63, 3.8) is 0 Å². The van der Waals surface area contributed by atoms with Crippen LogP contribution in [-0.2, 0) is 16.0 Å². The van der Waals surface area contributed by atoms with Gasteiger partial charge in [0.15, 0.2) is 12.1 Å². The molecule has 6 nitrogen and oxygen atoms in total. The van der Waals surface area contributed by atoms with E-state index >= 15 is 0 Å². The SMILES string of the molecule is O=c1ccc(-c2ccco2)nn1CC1OCCO1. The quantitative estimate of drug-likeness (QED) is 0.806. The van der Waals surface area contributed by atoms with E-state index in [1.165, 1.54) is 10.7 Å². The molecule has 1 fully saturated rings. The number of nitrogens with zero attached hydrogens (tertiary/aromatic N) is 2. The molecule has 0 spiro atoms. The Bertz CT molecular complexity index is 570. The van der Waals surface area contributed by atoms with Crippen molar-refractivity contribution in [1.29, 1.82) is 0 Å². The zero-order valence-corrected chi connectivity index (χ0v) is 9.61. The third-order valence-corrected chi connectivity index (χ3v) is 2.65. The van der Waals surface area contributed by atoms with Gasteiger partial charge in [0.25, 0.3) is 5.56 Å². The van der Waals surface area contributed by atoms with Crippen molar-refractivity contribution >= 4 is 0 Å². The number of hydrogen-bond donors (Lipinski definition) is 0. The summed E-state index contributed by atoms with van der Waals surface area (Å²) < 4.78 is 17.2. The number of ether oxygens (including phenoxy) is 2. The van der Waals surface area contributed by atoms with Crippen LogP contribution in [0.15, 0.2) is 39.7 Å². The predicted molar refractivity (Wildman–Crippen MR) is 61.9 cm³/mol. The summed E-state index contributed by atoms with van der Waals surface area (Å²) in [6, 6.07) is 6.66. The average Bonchev–Trinajstić information content (AvgIpc) is 3.04. The van der Waals surface area contributed by atoms with Gasteiger partial charge in [0.05, 0.1) is 26.0 Å². The summed E-state index contributed by atoms with van der Waals surface area (Å²) in [7, 11) is 0. The molecule has 1 saturated heterocycles. The minimum atomic E-state index is -0.401. The Morgan fingerprint density at radius 2 is 2.11 bits per heavy atom. The minimum Gasteiger partial charge on any atom is -0.463 e. The van der Waals surface area contributed by atoms with E-state index < -0.39 is 6.29 Å². The molecule has 6 heteroatoms. The highest BCUT2D eigenvalue weighted by atomic mass is 16.7. The van der Waals surface area contributed by atoms with Gasteiger partial charge in [-0.2, -0.15) is 5.10 Å². The van der Waals surface area contributed by atoms with Gasteiger partial charge < -0.3 is 13.9 Å². The molecule has 0 atom stereocenters. The van der Waals surface area contributed by atoms with E-state index in [9.17, 15) is 4.79 Å². The monoisotopic (exact) mass is 248 g/mol. The van der Waals surface area contributed by atoms with Crippen LogP contribution in [0.25, 0.3) is 11.5 Å². The third-order valence-electron chi connectivity index (χ3n) is 2.65. The fourth-order valence-corrected chi connectivity index (χ4v) is 1.79. The molecular formula is C12H12N2O4. The van der Waals surface area contributed by atoms with Crippen molar-refractivity contribution in [2.24, 2.45) is 0 Å². The molecule has 3 heterocycles. The van der Waals surface area contributed by atoms with Crippen LogP contribution in [0, 0.1) is 0 Å². The van der Waals surface area contributed by atoms with E-state index in [4.69, 9.17) is 13.9 Å². The second-order valence-corrected chi connectivity index (χ2v) is 3.89. The van der Waals surface area contributed by atoms with Crippen LogP contribution in [0.4, 0.5) is 0 Å². The lowest BCUT2D eigenvalue weighted by molar-refractivity contribution is -0.0553. The fraction of sp³-hybridized carbons (Fsp3) is 0.333. The van der Waals surface area contributed by atoms with E-state index in [2.05, 4.69) is 5.10 Å². The molecule has 94 valence electrons. The summed E-state index contributed by atoms with van der Waals surface area (Å²) in [5.74, 6) is 0.622. The molecular weight excluding hydrogens is 236 g/mol. The van der Waals surface area contributed by atoms with Gasteiger partial charge >= 0.3 is 0 Å². The molecule has 0 N–H and O–H groups in total. The first-order chi connectivity index (χ1) is 8.83. The lowest BCUT2D eigenvalue weighted by Crippen LogP contribution is -2.28. The van der Waals surface area contributed by atoms with Crippen LogP contribution < -0.4 is 5.56 Å². The maximum Gasteiger partial charge on any atom is 0.266 e. The standard InChI is InChI=1S/C12H12N2O4/c15-11-4-3-9(10-2-1-5-16-10)13-14(11)8-12-17-6-7-18-12/h1-5,12H,6-8H2. The van der Waals surface area contributed by atoms with E-state index in [0.717, 1.165) is 0 Å². The second kappa shape index (κ2) is 4.75. The van der Waals surface area contributed by atoms with Crippen molar-refractivity contribution in [3.8, 4) is 11.5 Å². The Balaban J connectivity index is 1.88. The molecule has 2 aromatic heterocycles. The molecule has 0 aliphatic carbocycles. The normalized spacial score (nSPS) is 16.2. The predicted octanol–water partition coefficient (Wildman–Crippen LogP) is 0.876. The van der Waals surface area contributed by atoms with Crippen LogP contribution >= 0.6 is 0 Å². The Kier molecular flexibility index (Phi) is 2.95. The smallest absolute Gasteiger partial charge is 0.266 e. The van der Waals surface area contributed by atoms with Gasteiger partial charge in [-0.05, 0) is 18.2 Å². The molecule has 1 aliphatic heterocycles. The van der Waals surface area contributed by atoms with E-state index in [1.807, 2.05) is 0 Å². The van der Waals surface area contributed by atoms with Crippen molar-refractivity contribution in [2.45, 2.75) is 12.8 Å². The summed E-state index contributed by atoms with van der Waals surface area (Å²) in [5, 5.41) is 4.23. The zero-order valence-electron chi connectivity index (χ0n) is 9.61. The first-order valence-corrected chi connectivity index (χ1v) is 5.68. The Morgan fingerprint density at radius 1 is 1.28 bits per heavy atom. The average molecular weight is 248 g/mol. The highest BCUT2D eigenvalue weighted by Crippen LogP contribution is 2.15. The van der Waals surface area contributed by atoms with Crippen LogP contribution in [-0.4, -0.2) is 29.3 Å². The van der Waals surface area contributed by atoms with E-state index in [0.29, 0.717) is 24.7 Å². The lowest BCUT2D eigenvalue weighted by atomic mass is 10.3. The minimum absolute atomic E-state index is 0.190. The van der Waals surface area contributed by atoms with Gasteiger partial charge in [0.2, 0.25) is 0 Å². The largest absolute Gasteiger partial charge is 0.463 e. The van der Waals surface area contributed by atoms with E-state index in [1.54, 1.807) is 24.5 Å². The molecule has 0 bridgehead atoms. The van der Waals surface area contributed by atoms with Crippen LogP contribution in [0.1, 0.15) is 0 Å². The highest BCUT2D eigenvalue weighted by Gasteiger charge is 2.18. The summed E-state index contributed by atoms with van der Waals surface area (Å²) in [6.07, 6.45) is 1.16. The number of rotatable bonds is 3. The van der Waals surface area contributed by atoms with Gasteiger partial charge in [0, 0.05) is 6.07 Å². The first-order valence-electron chi connectivity index (χ1n) is 5.68. The van der Waals surface area contributed by atoms with Gasteiger partial charge in [-0.25, -0.2) is 4.68 Å². The lowest BCUT2D eigenvalue weighted by Gasteiger charge is -2.10. The molecule has 0 saturated carbocycles. The maximum atomic E-state index is 11.7. The summed E-state index contributed by atoms with van der Waals surface area (Å²) in [6.45, 7) is 1.39. The summed E-state index contributed by atoms with van der Waals surface area (Å²) >= 11 is 0. The number of aromatic nitrogens is 2. The Morgan fingerprint density at radius 3 is 2.83 bits per heavy atom. The van der Waals surface area contributed by atoms with Crippen LogP contribution in [0.3, 0.4) is 0 Å². The molecule has 0 unspecified atom stereocenters. The van der Waals surface area contributed by atoms with Crippen molar-refractivity contribution in [1.82, 2.24) is 9.78 Å². The van der Waals surface area contributed by atoms with Crippen molar-refractivity contribution in [2.75, 3.05) is 13.2 Å².